The molecule has 0 saturated carbocycles. The van der Waals surface area contributed by atoms with Crippen LogP contribution in [0.5, 0.6) is 0 Å². The average Bonchev–Trinajstić information content (AvgIpc) is 3.32. The summed E-state index contributed by atoms with van der Waals surface area (Å²) in [4.78, 5) is 0.163. The third-order valence-electron chi connectivity index (χ3n) is 5.82. The lowest BCUT2D eigenvalue weighted by atomic mass is 9.98. The van der Waals surface area contributed by atoms with Crippen molar-refractivity contribution in [1.82, 2.24) is 0 Å². The summed E-state index contributed by atoms with van der Waals surface area (Å²) in [5.41, 5.74) is 4.54. The zero-order chi connectivity index (χ0) is 25.3. The number of hydrazone groups is 1. The van der Waals surface area contributed by atoms with Crippen molar-refractivity contribution in [3.8, 4) is 0 Å². The molecule has 5 rings (SSSR count). The molecule has 4 aromatic rings. The lowest BCUT2D eigenvalue weighted by molar-refractivity contribution is 0.600. The first kappa shape index (κ1) is 25.2. The van der Waals surface area contributed by atoms with Crippen LogP contribution in [0.2, 0.25) is 0 Å². The summed E-state index contributed by atoms with van der Waals surface area (Å²) >= 11 is 10.2. The van der Waals surface area contributed by atoms with Crippen LogP contribution in [-0.2, 0) is 10.0 Å². The fraction of sp³-hybridized carbons (Fsp3) is 0.0741. The van der Waals surface area contributed by atoms with Gasteiger partial charge in [0.25, 0.3) is 10.0 Å². The number of hydrogen-bond acceptors (Lipinski definition) is 4. The third kappa shape index (κ3) is 5.44. The van der Waals surface area contributed by atoms with Gasteiger partial charge in [0.05, 0.1) is 17.4 Å². The molecule has 1 unspecified atom stereocenters. The number of halogens is 3. The normalized spacial score (nSPS) is 15.6. The van der Waals surface area contributed by atoms with E-state index in [1.54, 1.807) is 30.3 Å². The molecule has 0 aromatic heterocycles. The molecule has 0 spiro atoms. The van der Waals surface area contributed by atoms with Crippen molar-refractivity contribution in [2.24, 2.45) is 5.10 Å². The van der Waals surface area contributed by atoms with Gasteiger partial charge in [-0.3, -0.25) is 9.73 Å². The summed E-state index contributed by atoms with van der Waals surface area (Å²) in [6.07, 6.45) is 0.724. The van der Waals surface area contributed by atoms with Crippen molar-refractivity contribution in [3.05, 3.63) is 122 Å². The average molecular weight is 690 g/mol. The van der Waals surface area contributed by atoms with Crippen LogP contribution in [0.1, 0.15) is 23.6 Å². The summed E-state index contributed by atoms with van der Waals surface area (Å²) in [6, 6.07) is 30.8. The molecule has 1 heterocycles. The zero-order valence-corrected chi connectivity index (χ0v) is 24.3. The molecule has 5 nitrogen and oxygen atoms in total. The van der Waals surface area contributed by atoms with E-state index in [0.29, 0.717) is 14.6 Å². The van der Waals surface area contributed by atoms with E-state index >= 15 is 0 Å². The summed E-state index contributed by atoms with van der Waals surface area (Å²) in [5, 5.41) is 7.03. The number of rotatable bonds is 6. The first-order chi connectivity index (χ1) is 17.3. The second kappa shape index (κ2) is 10.5. The Bertz CT molecular complexity index is 1540. The molecule has 0 amide bonds. The monoisotopic (exact) mass is 687 g/mol. The molecule has 1 atom stereocenters. The Balaban J connectivity index is 1.42. The second-order valence-electron chi connectivity index (χ2n) is 8.26. The predicted octanol–water partition coefficient (Wildman–Crippen LogP) is 8.13. The lowest BCUT2D eigenvalue weighted by Crippen LogP contribution is -2.18. The fourth-order valence-corrected chi connectivity index (χ4v) is 7.08. The van der Waals surface area contributed by atoms with E-state index in [-0.39, 0.29) is 10.9 Å². The molecule has 0 radical (unpaired) electrons. The first-order valence-electron chi connectivity index (χ1n) is 11.1. The maximum atomic E-state index is 12.9. The number of hydrogen-bond donors (Lipinski definition) is 1. The number of nitrogens with zero attached hydrogens (tertiary/aromatic N) is 2. The van der Waals surface area contributed by atoms with Crippen molar-refractivity contribution < 1.29 is 8.42 Å². The zero-order valence-electron chi connectivity index (χ0n) is 18.8. The van der Waals surface area contributed by atoms with Gasteiger partial charge in [0, 0.05) is 25.5 Å². The van der Waals surface area contributed by atoms with E-state index in [1.807, 2.05) is 42.5 Å². The Kier molecular flexibility index (Phi) is 7.35. The van der Waals surface area contributed by atoms with Gasteiger partial charge in [-0.1, -0.05) is 74.3 Å². The van der Waals surface area contributed by atoms with Crippen molar-refractivity contribution in [1.29, 1.82) is 0 Å². The van der Waals surface area contributed by atoms with Crippen molar-refractivity contribution in [3.63, 3.8) is 0 Å². The highest BCUT2D eigenvalue weighted by Crippen LogP contribution is 2.37. The molecular formula is C27H20Br3N3O2S. The smallest absolute Gasteiger partial charge is 0.263 e. The van der Waals surface area contributed by atoms with Gasteiger partial charge in [0.2, 0.25) is 0 Å². The number of anilines is 2. The van der Waals surface area contributed by atoms with Gasteiger partial charge < -0.3 is 0 Å². The maximum Gasteiger partial charge on any atom is 0.263 e. The molecule has 0 saturated heterocycles. The van der Waals surface area contributed by atoms with E-state index in [9.17, 15) is 8.42 Å². The Morgan fingerprint density at radius 2 is 1.53 bits per heavy atom. The lowest BCUT2D eigenvalue weighted by Gasteiger charge is -2.24. The van der Waals surface area contributed by atoms with E-state index in [0.717, 1.165) is 33.4 Å². The van der Waals surface area contributed by atoms with Crippen LogP contribution in [0.15, 0.2) is 120 Å². The summed E-state index contributed by atoms with van der Waals surface area (Å²) in [5.74, 6) is 0. The van der Waals surface area contributed by atoms with Gasteiger partial charge in [-0.2, -0.15) is 5.10 Å². The SMILES string of the molecule is O=S(=O)(Nc1ccc(C2=NN(c3ccccc3)C(c3cccc(Br)c3)C2)cc1)c1cc(Br)ccc1Br. The van der Waals surface area contributed by atoms with Crippen LogP contribution in [0, 0.1) is 0 Å². The number of sulfonamides is 1. The van der Waals surface area contributed by atoms with E-state index in [4.69, 9.17) is 5.10 Å². The summed E-state index contributed by atoms with van der Waals surface area (Å²) in [6.45, 7) is 0. The van der Waals surface area contributed by atoms with Gasteiger partial charge in [-0.05, 0) is 81.7 Å². The first-order valence-corrected chi connectivity index (χ1v) is 14.9. The van der Waals surface area contributed by atoms with Gasteiger partial charge in [-0.15, -0.1) is 0 Å². The van der Waals surface area contributed by atoms with Crippen LogP contribution in [-0.4, -0.2) is 14.1 Å². The van der Waals surface area contributed by atoms with Gasteiger partial charge in [0.1, 0.15) is 4.90 Å². The van der Waals surface area contributed by atoms with Gasteiger partial charge >= 0.3 is 0 Å². The molecule has 0 aliphatic carbocycles. The van der Waals surface area contributed by atoms with Crippen LogP contribution >= 0.6 is 47.8 Å². The molecule has 4 aromatic carbocycles. The topological polar surface area (TPSA) is 61.8 Å². The number of benzene rings is 4. The van der Waals surface area contributed by atoms with Gasteiger partial charge in [0.15, 0.2) is 0 Å². The van der Waals surface area contributed by atoms with E-state index in [2.05, 4.69) is 81.8 Å². The molecule has 9 heteroatoms. The molecule has 1 aliphatic rings. The minimum atomic E-state index is -3.76. The van der Waals surface area contributed by atoms with Crippen LogP contribution < -0.4 is 9.73 Å². The Hall–Kier alpha value is -2.46. The minimum Gasteiger partial charge on any atom is -0.280 e. The second-order valence-corrected chi connectivity index (χ2v) is 12.6. The minimum absolute atomic E-state index is 0.0481. The maximum absolute atomic E-state index is 12.9. The molecule has 0 fully saturated rings. The number of nitrogens with one attached hydrogen (secondary N) is 1. The molecule has 182 valence electrons. The highest BCUT2D eigenvalue weighted by atomic mass is 79.9. The highest BCUT2D eigenvalue weighted by Gasteiger charge is 2.30. The van der Waals surface area contributed by atoms with Crippen molar-refractivity contribution in [2.45, 2.75) is 17.4 Å². The fourth-order valence-electron chi connectivity index (χ4n) is 4.10. The summed E-state index contributed by atoms with van der Waals surface area (Å²) in [7, 11) is -3.76. The largest absolute Gasteiger partial charge is 0.280 e. The predicted molar refractivity (Wildman–Crippen MR) is 156 cm³/mol. The van der Waals surface area contributed by atoms with Gasteiger partial charge in [-0.25, -0.2) is 8.42 Å². The molecule has 1 aliphatic heterocycles. The Morgan fingerprint density at radius 1 is 0.806 bits per heavy atom. The number of para-hydroxylation sites is 1. The summed E-state index contributed by atoms with van der Waals surface area (Å²) < 4.78 is 30.8. The van der Waals surface area contributed by atoms with Crippen LogP contribution in [0.3, 0.4) is 0 Å². The Labute approximate surface area is 235 Å². The standard InChI is InChI=1S/C27H20Br3N3O2S/c28-20-6-4-5-19(15-20)26-17-25(31-33(26)23-7-2-1-3-8-23)18-9-12-22(13-10-18)32-36(34,35)27-16-21(29)11-14-24(27)30/h1-16,26,32H,17H2. The quantitative estimate of drug-likeness (QED) is 0.222. The van der Waals surface area contributed by atoms with Crippen molar-refractivity contribution >= 4 is 74.9 Å². The molecule has 0 bridgehead atoms. The molecule has 1 N–H and O–H groups in total. The van der Waals surface area contributed by atoms with E-state index < -0.39 is 10.0 Å². The highest BCUT2D eigenvalue weighted by molar-refractivity contribution is 9.11. The molecule has 36 heavy (non-hydrogen) atoms. The van der Waals surface area contributed by atoms with E-state index in [1.165, 1.54) is 0 Å². The third-order valence-corrected chi connectivity index (χ3v) is 9.18. The molecular weight excluding hydrogens is 670 g/mol. The van der Waals surface area contributed by atoms with Crippen LogP contribution in [0.25, 0.3) is 0 Å². The van der Waals surface area contributed by atoms with Crippen LogP contribution in [0.4, 0.5) is 11.4 Å². The Morgan fingerprint density at radius 3 is 2.25 bits per heavy atom. The van der Waals surface area contributed by atoms with Crippen molar-refractivity contribution in [2.75, 3.05) is 9.73 Å².